The molecule has 0 saturated carbocycles. The van der Waals surface area contributed by atoms with Crippen molar-refractivity contribution in [1.29, 1.82) is 0 Å². The second kappa shape index (κ2) is 4.89. The maximum atomic E-state index is 6.37. The fourth-order valence-corrected chi connectivity index (χ4v) is 2.12. The Kier molecular flexibility index (Phi) is 3.52. The maximum Gasteiger partial charge on any atom is 0.187 e. The molecular formula is C13H16ClNO. The topological polar surface area (TPSA) is 12.5 Å². The van der Waals surface area contributed by atoms with E-state index in [4.69, 9.17) is 16.4 Å². The van der Waals surface area contributed by atoms with Crippen molar-refractivity contribution in [3.8, 4) is 0 Å². The van der Waals surface area contributed by atoms with E-state index in [2.05, 4.69) is 6.08 Å². The van der Waals surface area contributed by atoms with E-state index in [0.29, 0.717) is 0 Å². The summed E-state index contributed by atoms with van der Waals surface area (Å²) in [5, 5.41) is 1.05. The Bertz CT molecular complexity index is 365. The molecule has 0 radical (unpaired) electrons. The highest BCUT2D eigenvalue weighted by molar-refractivity contribution is 6.24. The van der Waals surface area contributed by atoms with Gasteiger partial charge in [0, 0.05) is 7.05 Å². The quantitative estimate of drug-likeness (QED) is 0.451. The predicted octanol–water partition coefficient (Wildman–Crippen LogP) is 3.73. The molecule has 1 aromatic carbocycles. The molecule has 2 nitrogen and oxygen atoms in total. The van der Waals surface area contributed by atoms with E-state index in [-0.39, 0.29) is 0 Å². The van der Waals surface area contributed by atoms with Crippen LogP contribution in [0.4, 0.5) is 5.69 Å². The Morgan fingerprint density at radius 3 is 2.69 bits per heavy atom. The molecule has 0 saturated heterocycles. The van der Waals surface area contributed by atoms with E-state index in [1.807, 2.05) is 43.5 Å². The highest BCUT2D eigenvalue weighted by Crippen LogP contribution is 2.32. The Labute approximate surface area is 101 Å². The number of halogens is 1. The van der Waals surface area contributed by atoms with Crippen molar-refractivity contribution in [3.05, 3.63) is 42.5 Å². The van der Waals surface area contributed by atoms with Crippen molar-refractivity contribution in [2.75, 3.05) is 12.1 Å². The maximum absolute atomic E-state index is 6.37. The van der Waals surface area contributed by atoms with Crippen LogP contribution in [0.1, 0.15) is 19.3 Å². The third-order valence-electron chi connectivity index (χ3n) is 2.66. The summed E-state index contributed by atoms with van der Waals surface area (Å²) >= 11 is 6.37. The van der Waals surface area contributed by atoms with Gasteiger partial charge >= 0.3 is 0 Å². The van der Waals surface area contributed by atoms with Crippen molar-refractivity contribution in [3.63, 3.8) is 0 Å². The number of nitrogens with zero attached hydrogens (tertiary/aromatic N) is 1. The lowest BCUT2D eigenvalue weighted by Crippen LogP contribution is -2.33. The van der Waals surface area contributed by atoms with Gasteiger partial charge in [-0.25, -0.2) is 4.84 Å². The number of hydrogen-bond donors (Lipinski definition) is 0. The van der Waals surface area contributed by atoms with Gasteiger partial charge in [-0.2, -0.15) is 0 Å². The molecule has 16 heavy (non-hydrogen) atoms. The first kappa shape index (κ1) is 11.5. The molecule has 1 aromatic rings. The first-order valence-electron chi connectivity index (χ1n) is 5.54. The molecular weight excluding hydrogens is 222 g/mol. The van der Waals surface area contributed by atoms with Crippen LogP contribution in [-0.4, -0.2) is 12.1 Å². The molecule has 1 unspecified atom stereocenters. The first-order valence-corrected chi connectivity index (χ1v) is 5.92. The fourth-order valence-electron chi connectivity index (χ4n) is 1.80. The number of para-hydroxylation sites is 1. The molecule has 0 N–H and O–H groups in total. The molecule has 86 valence electrons. The molecule has 3 heteroatoms. The van der Waals surface area contributed by atoms with Crippen molar-refractivity contribution in [1.82, 2.24) is 0 Å². The van der Waals surface area contributed by atoms with E-state index in [9.17, 15) is 0 Å². The Balaban J connectivity index is 2.04. The molecule has 0 fully saturated rings. The van der Waals surface area contributed by atoms with E-state index in [1.165, 1.54) is 0 Å². The lowest BCUT2D eigenvalue weighted by Gasteiger charge is -2.31. The van der Waals surface area contributed by atoms with E-state index < -0.39 is 5.06 Å². The van der Waals surface area contributed by atoms with Crippen LogP contribution in [0.2, 0.25) is 0 Å². The molecule has 0 aromatic heterocycles. The van der Waals surface area contributed by atoms with Crippen molar-refractivity contribution < 1.29 is 4.84 Å². The summed E-state index contributed by atoms with van der Waals surface area (Å²) in [6.07, 6.45) is 7.03. The third-order valence-corrected chi connectivity index (χ3v) is 3.05. The lowest BCUT2D eigenvalue weighted by molar-refractivity contribution is 0.0328. The number of hydroxylamine groups is 1. The van der Waals surface area contributed by atoms with Crippen LogP contribution in [0.25, 0.3) is 0 Å². The van der Waals surface area contributed by atoms with Crippen LogP contribution in [0.15, 0.2) is 42.5 Å². The van der Waals surface area contributed by atoms with Gasteiger partial charge in [0.1, 0.15) is 0 Å². The minimum atomic E-state index is -0.678. The van der Waals surface area contributed by atoms with Crippen LogP contribution in [0.3, 0.4) is 0 Å². The number of allylic oxidation sites excluding steroid dienone is 1. The fraction of sp³-hybridized carbons (Fsp3) is 0.385. The monoisotopic (exact) mass is 237 g/mol. The van der Waals surface area contributed by atoms with Gasteiger partial charge in [0.05, 0.1) is 5.69 Å². The van der Waals surface area contributed by atoms with Crippen molar-refractivity contribution in [2.24, 2.45) is 0 Å². The zero-order valence-electron chi connectivity index (χ0n) is 9.40. The second-order valence-electron chi connectivity index (χ2n) is 4.01. The SMILES string of the molecule is CN(OC1(Cl)C=CCCC1)c1ccccc1. The summed E-state index contributed by atoms with van der Waals surface area (Å²) in [5.41, 5.74) is 1.00. The Morgan fingerprint density at radius 1 is 1.31 bits per heavy atom. The van der Waals surface area contributed by atoms with E-state index in [0.717, 1.165) is 24.9 Å². The highest BCUT2D eigenvalue weighted by Gasteiger charge is 2.29. The van der Waals surface area contributed by atoms with Gasteiger partial charge in [-0.15, -0.1) is 0 Å². The molecule has 0 heterocycles. The zero-order valence-corrected chi connectivity index (χ0v) is 10.2. The summed E-state index contributed by atoms with van der Waals surface area (Å²) < 4.78 is 0. The molecule has 0 aliphatic heterocycles. The minimum absolute atomic E-state index is 0.678. The summed E-state index contributed by atoms with van der Waals surface area (Å²) in [6, 6.07) is 9.92. The van der Waals surface area contributed by atoms with Gasteiger partial charge in [0.25, 0.3) is 0 Å². The Morgan fingerprint density at radius 2 is 2.06 bits per heavy atom. The molecule has 1 aliphatic carbocycles. The second-order valence-corrected chi connectivity index (χ2v) is 4.64. The number of hydrogen-bond acceptors (Lipinski definition) is 2. The molecule has 1 atom stereocenters. The number of alkyl halides is 1. The van der Waals surface area contributed by atoms with Gasteiger partial charge < -0.3 is 0 Å². The van der Waals surface area contributed by atoms with Gasteiger partial charge in [-0.1, -0.05) is 35.9 Å². The summed E-state index contributed by atoms with van der Waals surface area (Å²) in [5.74, 6) is 0. The standard InChI is InChI=1S/C13H16ClNO/c1-15(12-8-4-2-5-9-12)16-13(14)10-6-3-7-11-13/h2,4-6,8-10H,3,7,11H2,1H3. The average Bonchev–Trinajstić information content (AvgIpc) is 2.30. The Hall–Kier alpha value is -0.990. The summed E-state index contributed by atoms with van der Waals surface area (Å²) in [7, 11) is 1.88. The third kappa shape index (κ3) is 2.77. The number of rotatable bonds is 3. The predicted molar refractivity (Wildman–Crippen MR) is 67.5 cm³/mol. The zero-order chi connectivity index (χ0) is 11.4. The van der Waals surface area contributed by atoms with Crippen LogP contribution < -0.4 is 5.06 Å². The first-order chi connectivity index (χ1) is 7.70. The smallest absolute Gasteiger partial charge is 0.187 e. The molecule has 2 rings (SSSR count). The van der Waals surface area contributed by atoms with Crippen molar-refractivity contribution >= 4 is 17.3 Å². The van der Waals surface area contributed by atoms with Gasteiger partial charge in [0.2, 0.25) is 0 Å². The van der Waals surface area contributed by atoms with Crippen LogP contribution in [0, 0.1) is 0 Å². The lowest BCUT2D eigenvalue weighted by atomic mass is 10.1. The van der Waals surface area contributed by atoms with Gasteiger partial charge in [-0.3, -0.25) is 5.06 Å². The largest absolute Gasteiger partial charge is 0.255 e. The van der Waals surface area contributed by atoms with Gasteiger partial charge in [0.15, 0.2) is 5.06 Å². The molecule has 1 aliphatic rings. The molecule has 0 amide bonds. The van der Waals surface area contributed by atoms with Crippen molar-refractivity contribution in [2.45, 2.75) is 24.3 Å². The summed E-state index contributed by atoms with van der Waals surface area (Å²) in [6.45, 7) is 0. The molecule has 0 spiro atoms. The highest BCUT2D eigenvalue weighted by atomic mass is 35.5. The summed E-state index contributed by atoms with van der Waals surface area (Å²) in [4.78, 5) is 5.78. The van der Waals surface area contributed by atoms with E-state index >= 15 is 0 Å². The number of benzene rings is 1. The van der Waals surface area contributed by atoms with Gasteiger partial charge in [-0.05, 0) is 37.5 Å². The minimum Gasteiger partial charge on any atom is -0.255 e. The van der Waals surface area contributed by atoms with Crippen LogP contribution in [-0.2, 0) is 4.84 Å². The average molecular weight is 238 g/mol. The number of anilines is 1. The van der Waals surface area contributed by atoms with Crippen LogP contribution in [0.5, 0.6) is 0 Å². The van der Waals surface area contributed by atoms with Crippen LogP contribution >= 0.6 is 11.6 Å². The van der Waals surface area contributed by atoms with E-state index in [1.54, 1.807) is 5.06 Å². The molecule has 0 bridgehead atoms. The normalized spacial score (nSPS) is 24.4.